The Morgan fingerprint density at radius 3 is 2.23 bits per heavy atom. The lowest BCUT2D eigenvalue weighted by molar-refractivity contribution is 0.0915. The number of carbonyl (C=O) groups is 1. The van der Waals surface area contributed by atoms with Crippen LogP contribution in [0, 0.1) is 6.92 Å². The lowest BCUT2D eigenvalue weighted by atomic mass is 9.97. The number of carbonyl (C=O) groups excluding carboxylic acids is 1. The SMILES string of the molecule is Cc1ccc([C@@H](NC(=O)c2ccco2)c2ccccc2)cc1. The summed E-state index contributed by atoms with van der Waals surface area (Å²) < 4.78 is 5.17. The van der Waals surface area contributed by atoms with Crippen LogP contribution in [0.25, 0.3) is 0 Å². The number of aryl methyl sites for hydroxylation is 1. The summed E-state index contributed by atoms with van der Waals surface area (Å²) in [6, 6.07) is 21.2. The van der Waals surface area contributed by atoms with Gasteiger partial charge in [-0.3, -0.25) is 4.79 Å². The van der Waals surface area contributed by atoms with E-state index in [0.29, 0.717) is 5.76 Å². The van der Waals surface area contributed by atoms with Gasteiger partial charge in [-0.05, 0) is 30.2 Å². The predicted molar refractivity (Wildman–Crippen MR) is 85.6 cm³/mol. The Kier molecular flexibility index (Phi) is 4.05. The highest BCUT2D eigenvalue weighted by Gasteiger charge is 2.18. The molecule has 22 heavy (non-hydrogen) atoms. The van der Waals surface area contributed by atoms with E-state index >= 15 is 0 Å². The van der Waals surface area contributed by atoms with E-state index in [1.165, 1.54) is 11.8 Å². The summed E-state index contributed by atoms with van der Waals surface area (Å²) in [6.45, 7) is 2.04. The van der Waals surface area contributed by atoms with Crippen molar-refractivity contribution < 1.29 is 9.21 Å². The molecule has 0 saturated carbocycles. The summed E-state index contributed by atoms with van der Waals surface area (Å²) >= 11 is 0. The molecule has 0 spiro atoms. The number of nitrogens with one attached hydrogen (secondary N) is 1. The Balaban J connectivity index is 1.93. The van der Waals surface area contributed by atoms with E-state index < -0.39 is 0 Å². The molecule has 0 unspecified atom stereocenters. The van der Waals surface area contributed by atoms with E-state index in [0.717, 1.165) is 11.1 Å². The van der Waals surface area contributed by atoms with Crippen molar-refractivity contribution in [2.45, 2.75) is 13.0 Å². The fraction of sp³-hybridized carbons (Fsp3) is 0.105. The van der Waals surface area contributed by atoms with Gasteiger partial charge in [0.1, 0.15) is 0 Å². The number of benzene rings is 2. The molecule has 2 aromatic carbocycles. The summed E-state index contributed by atoms with van der Waals surface area (Å²) in [4.78, 5) is 12.3. The second kappa shape index (κ2) is 6.31. The molecular weight excluding hydrogens is 274 g/mol. The van der Waals surface area contributed by atoms with Crippen molar-refractivity contribution in [2.24, 2.45) is 0 Å². The molecule has 0 aliphatic heterocycles. The van der Waals surface area contributed by atoms with E-state index in [-0.39, 0.29) is 11.9 Å². The summed E-state index contributed by atoms with van der Waals surface area (Å²) in [7, 11) is 0. The van der Waals surface area contributed by atoms with Gasteiger partial charge in [-0.1, -0.05) is 60.2 Å². The Hall–Kier alpha value is -2.81. The Morgan fingerprint density at radius 2 is 1.59 bits per heavy atom. The second-order valence-corrected chi connectivity index (χ2v) is 5.21. The van der Waals surface area contributed by atoms with Crippen LogP contribution in [0.3, 0.4) is 0 Å². The van der Waals surface area contributed by atoms with Crippen LogP contribution in [0.4, 0.5) is 0 Å². The highest BCUT2D eigenvalue weighted by Crippen LogP contribution is 2.23. The molecule has 1 amide bonds. The van der Waals surface area contributed by atoms with Crippen LogP contribution >= 0.6 is 0 Å². The average Bonchev–Trinajstić information content (AvgIpc) is 3.09. The number of hydrogen-bond donors (Lipinski definition) is 1. The molecule has 110 valence electrons. The molecule has 0 saturated heterocycles. The summed E-state index contributed by atoms with van der Waals surface area (Å²) in [5.41, 5.74) is 3.26. The lowest BCUT2D eigenvalue weighted by Crippen LogP contribution is -2.29. The largest absolute Gasteiger partial charge is 0.459 e. The van der Waals surface area contributed by atoms with Gasteiger partial charge in [-0.15, -0.1) is 0 Å². The Labute approximate surface area is 129 Å². The van der Waals surface area contributed by atoms with Gasteiger partial charge in [-0.25, -0.2) is 0 Å². The van der Waals surface area contributed by atoms with Gasteiger partial charge in [-0.2, -0.15) is 0 Å². The average molecular weight is 291 g/mol. The van der Waals surface area contributed by atoms with Gasteiger partial charge in [0.15, 0.2) is 5.76 Å². The molecule has 3 aromatic rings. The van der Waals surface area contributed by atoms with Crippen LogP contribution in [-0.4, -0.2) is 5.91 Å². The van der Waals surface area contributed by atoms with E-state index in [9.17, 15) is 4.79 Å². The number of hydrogen-bond acceptors (Lipinski definition) is 2. The minimum Gasteiger partial charge on any atom is -0.459 e. The van der Waals surface area contributed by atoms with E-state index in [2.05, 4.69) is 5.32 Å². The highest BCUT2D eigenvalue weighted by molar-refractivity contribution is 5.91. The first-order chi connectivity index (χ1) is 10.7. The second-order valence-electron chi connectivity index (χ2n) is 5.21. The minimum absolute atomic E-state index is 0.209. The molecule has 3 nitrogen and oxygen atoms in total. The van der Waals surface area contributed by atoms with E-state index in [4.69, 9.17) is 4.42 Å². The first kappa shape index (κ1) is 14.1. The third-order valence-electron chi connectivity index (χ3n) is 3.56. The van der Waals surface area contributed by atoms with Crippen LogP contribution in [0.1, 0.15) is 33.3 Å². The molecular formula is C19H17NO2. The molecule has 0 fully saturated rings. The molecule has 3 heteroatoms. The molecule has 1 aromatic heterocycles. The summed E-state index contributed by atoms with van der Waals surface area (Å²) in [6.07, 6.45) is 1.50. The van der Waals surface area contributed by atoms with Gasteiger partial charge in [0.2, 0.25) is 0 Å². The van der Waals surface area contributed by atoms with Crippen LogP contribution in [0.2, 0.25) is 0 Å². The summed E-state index contributed by atoms with van der Waals surface area (Å²) in [5, 5.41) is 3.04. The quantitative estimate of drug-likeness (QED) is 0.786. The van der Waals surface area contributed by atoms with Crippen molar-refractivity contribution >= 4 is 5.91 Å². The van der Waals surface area contributed by atoms with Crippen LogP contribution in [0.5, 0.6) is 0 Å². The molecule has 0 aliphatic carbocycles. The zero-order chi connectivity index (χ0) is 15.4. The number of furan rings is 1. The van der Waals surface area contributed by atoms with Crippen molar-refractivity contribution in [2.75, 3.05) is 0 Å². The monoisotopic (exact) mass is 291 g/mol. The molecule has 0 aliphatic rings. The van der Waals surface area contributed by atoms with E-state index in [1.807, 2.05) is 61.5 Å². The number of amides is 1. The van der Waals surface area contributed by atoms with Gasteiger partial charge < -0.3 is 9.73 Å². The Bertz CT molecular complexity index is 731. The third-order valence-corrected chi connectivity index (χ3v) is 3.56. The maximum Gasteiger partial charge on any atom is 0.287 e. The lowest BCUT2D eigenvalue weighted by Gasteiger charge is -2.19. The van der Waals surface area contributed by atoms with Gasteiger partial charge >= 0.3 is 0 Å². The maximum atomic E-state index is 12.3. The first-order valence-corrected chi connectivity index (χ1v) is 7.20. The molecule has 3 rings (SSSR count). The highest BCUT2D eigenvalue weighted by atomic mass is 16.3. The Morgan fingerprint density at radius 1 is 0.909 bits per heavy atom. The molecule has 1 atom stereocenters. The van der Waals surface area contributed by atoms with E-state index in [1.54, 1.807) is 12.1 Å². The normalized spacial score (nSPS) is 11.9. The maximum absolute atomic E-state index is 12.3. The van der Waals surface area contributed by atoms with Crippen molar-refractivity contribution in [3.8, 4) is 0 Å². The smallest absolute Gasteiger partial charge is 0.287 e. The van der Waals surface area contributed by atoms with Crippen molar-refractivity contribution in [1.82, 2.24) is 5.32 Å². The zero-order valence-electron chi connectivity index (χ0n) is 12.3. The van der Waals surface area contributed by atoms with Crippen molar-refractivity contribution in [1.29, 1.82) is 0 Å². The van der Waals surface area contributed by atoms with Crippen LogP contribution < -0.4 is 5.32 Å². The first-order valence-electron chi connectivity index (χ1n) is 7.20. The minimum atomic E-state index is -0.223. The summed E-state index contributed by atoms with van der Waals surface area (Å²) in [5.74, 6) is 0.0903. The van der Waals surface area contributed by atoms with Gasteiger partial charge in [0, 0.05) is 0 Å². The van der Waals surface area contributed by atoms with Gasteiger partial charge in [0.05, 0.1) is 12.3 Å². The van der Waals surface area contributed by atoms with Crippen molar-refractivity contribution in [3.05, 3.63) is 95.4 Å². The molecule has 1 N–H and O–H groups in total. The zero-order valence-corrected chi connectivity index (χ0v) is 12.3. The predicted octanol–water partition coefficient (Wildman–Crippen LogP) is 4.11. The van der Waals surface area contributed by atoms with Crippen LogP contribution in [-0.2, 0) is 0 Å². The molecule has 0 radical (unpaired) electrons. The fourth-order valence-electron chi connectivity index (χ4n) is 2.37. The molecule has 0 bridgehead atoms. The topological polar surface area (TPSA) is 42.2 Å². The van der Waals surface area contributed by atoms with Gasteiger partial charge in [0.25, 0.3) is 5.91 Å². The molecule has 1 heterocycles. The van der Waals surface area contributed by atoms with Crippen molar-refractivity contribution in [3.63, 3.8) is 0 Å². The number of rotatable bonds is 4. The third kappa shape index (κ3) is 3.09. The standard InChI is InChI=1S/C19H17NO2/c1-14-9-11-16(12-10-14)18(15-6-3-2-4-7-15)20-19(21)17-8-5-13-22-17/h2-13,18H,1H3,(H,20,21)/t18-/m0/s1. The fourth-order valence-corrected chi connectivity index (χ4v) is 2.37. The van der Waals surface area contributed by atoms with Crippen LogP contribution in [0.15, 0.2) is 77.4 Å².